The van der Waals surface area contributed by atoms with Crippen LogP contribution < -0.4 is 10.6 Å². The highest BCUT2D eigenvalue weighted by molar-refractivity contribution is 6.03. The molecule has 5 heteroatoms. The Morgan fingerprint density at radius 1 is 1.05 bits per heavy atom. The predicted octanol–water partition coefficient (Wildman–Crippen LogP) is 2.73. The highest BCUT2D eigenvalue weighted by atomic mass is 16.2. The van der Waals surface area contributed by atoms with E-state index in [0.717, 1.165) is 25.7 Å². The zero-order valence-corrected chi connectivity index (χ0v) is 12.6. The Labute approximate surface area is 130 Å². The maximum atomic E-state index is 11.9. The first-order chi connectivity index (χ1) is 10.7. The third kappa shape index (κ3) is 5.21. The van der Waals surface area contributed by atoms with Gasteiger partial charge >= 0.3 is 0 Å². The molecule has 2 amide bonds. The second-order valence-corrected chi connectivity index (χ2v) is 5.67. The van der Waals surface area contributed by atoms with Crippen LogP contribution in [0.2, 0.25) is 0 Å². The lowest BCUT2D eigenvalue weighted by Gasteiger charge is -2.16. The molecule has 0 unspecified atom stereocenters. The molecule has 0 saturated heterocycles. The van der Waals surface area contributed by atoms with Crippen molar-refractivity contribution in [3.05, 3.63) is 29.8 Å². The SMILES string of the molecule is N#Cc1ccc(NC(=O)CC(=O)NC2CCCCCC2)cc1. The fourth-order valence-corrected chi connectivity index (χ4v) is 2.68. The summed E-state index contributed by atoms with van der Waals surface area (Å²) in [4.78, 5) is 23.8. The Morgan fingerprint density at radius 3 is 2.27 bits per heavy atom. The van der Waals surface area contributed by atoms with E-state index in [1.807, 2.05) is 6.07 Å². The molecule has 2 rings (SSSR count). The molecule has 0 radical (unpaired) electrons. The van der Waals surface area contributed by atoms with Gasteiger partial charge in [0.15, 0.2) is 0 Å². The summed E-state index contributed by atoms with van der Waals surface area (Å²) in [6.45, 7) is 0. The van der Waals surface area contributed by atoms with Crippen molar-refractivity contribution in [2.75, 3.05) is 5.32 Å². The Balaban J connectivity index is 1.77. The summed E-state index contributed by atoms with van der Waals surface area (Å²) in [7, 11) is 0. The van der Waals surface area contributed by atoms with Crippen molar-refractivity contribution in [2.45, 2.75) is 51.0 Å². The van der Waals surface area contributed by atoms with Gasteiger partial charge in [-0.1, -0.05) is 25.7 Å². The molecule has 0 heterocycles. The van der Waals surface area contributed by atoms with E-state index in [4.69, 9.17) is 5.26 Å². The molecule has 0 aliphatic heterocycles. The van der Waals surface area contributed by atoms with E-state index in [0.29, 0.717) is 11.3 Å². The number of hydrogen-bond donors (Lipinski definition) is 2. The van der Waals surface area contributed by atoms with Crippen molar-refractivity contribution in [1.82, 2.24) is 5.32 Å². The Bertz CT molecular complexity index is 552. The quantitative estimate of drug-likeness (QED) is 0.662. The molecular formula is C17H21N3O2. The molecule has 2 N–H and O–H groups in total. The standard InChI is InChI=1S/C17H21N3O2/c18-12-13-7-9-15(10-8-13)20-17(22)11-16(21)19-14-5-3-1-2-4-6-14/h7-10,14H,1-6,11H2,(H,19,21)(H,20,22). The number of hydrogen-bond acceptors (Lipinski definition) is 3. The largest absolute Gasteiger partial charge is 0.353 e. The van der Waals surface area contributed by atoms with Crippen LogP contribution in [0.25, 0.3) is 0 Å². The number of nitrogens with one attached hydrogen (secondary N) is 2. The van der Waals surface area contributed by atoms with Gasteiger partial charge < -0.3 is 10.6 Å². The molecule has 1 aliphatic rings. The Hall–Kier alpha value is -2.35. The topological polar surface area (TPSA) is 82.0 Å². The minimum Gasteiger partial charge on any atom is -0.353 e. The van der Waals surface area contributed by atoms with Crippen LogP contribution in [-0.4, -0.2) is 17.9 Å². The van der Waals surface area contributed by atoms with Gasteiger partial charge in [-0.3, -0.25) is 9.59 Å². The normalized spacial score (nSPS) is 15.4. The number of rotatable bonds is 4. The van der Waals surface area contributed by atoms with Crippen LogP contribution in [-0.2, 0) is 9.59 Å². The number of anilines is 1. The number of benzene rings is 1. The van der Waals surface area contributed by atoms with Gasteiger partial charge in [0.2, 0.25) is 11.8 Å². The van der Waals surface area contributed by atoms with Crippen LogP contribution in [0.1, 0.15) is 50.5 Å². The molecular weight excluding hydrogens is 278 g/mol. The zero-order valence-electron chi connectivity index (χ0n) is 12.6. The van der Waals surface area contributed by atoms with Crippen molar-refractivity contribution < 1.29 is 9.59 Å². The molecule has 0 aromatic heterocycles. The Morgan fingerprint density at radius 2 is 1.68 bits per heavy atom. The summed E-state index contributed by atoms with van der Waals surface area (Å²) < 4.78 is 0. The predicted molar refractivity (Wildman–Crippen MR) is 84.0 cm³/mol. The number of nitriles is 1. The minimum absolute atomic E-state index is 0.170. The molecule has 0 bridgehead atoms. The smallest absolute Gasteiger partial charge is 0.233 e. The molecule has 5 nitrogen and oxygen atoms in total. The van der Waals surface area contributed by atoms with Crippen molar-refractivity contribution >= 4 is 17.5 Å². The average molecular weight is 299 g/mol. The fourth-order valence-electron chi connectivity index (χ4n) is 2.68. The lowest BCUT2D eigenvalue weighted by atomic mass is 10.1. The van der Waals surface area contributed by atoms with Crippen molar-refractivity contribution in [1.29, 1.82) is 5.26 Å². The zero-order chi connectivity index (χ0) is 15.8. The van der Waals surface area contributed by atoms with Gasteiger partial charge in [0, 0.05) is 11.7 Å². The first-order valence-electron chi connectivity index (χ1n) is 7.77. The molecule has 22 heavy (non-hydrogen) atoms. The third-order valence-corrected chi connectivity index (χ3v) is 3.84. The lowest BCUT2D eigenvalue weighted by Crippen LogP contribution is -2.36. The summed E-state index contributed by atoms with van der Waals surface area (Å²) in [5, 5.41) is 14.3. The molecule has 1 aromatic carbocycles. The van der Waals surface area contributed by atoms with Gasteiger partial charge in [0.1, 0.15) is 6.42 Å². The van der Waals surface area contributed by atoms with Crippen LogP contribution in [0.5, 0.6) is 0 Å². The molecule has 1 fully saturated rings. The van der Waals surface area contributed by atoms with E-state index in [-0.39, 0.29) is 24.3 Å². The molecule has 0 spiro atoms. The maximum absolute atomic E-state index is 11.9. The van der Waals surface area contributed by atoms with E-state index < -0.39 is 0 Å². The highest BCUT2D eigenvalue weighted by Crippen LogP contribution is 2.17. The fraction of sp³-hybridized carbons (Fsp3) is 0.471. The summed E-state index contributed by atoms with van der Waals surface area (Å²) in [5.41, 5.74) is 1.12. The summed E-state index contributed by atoms with van der Waals surface area (Å²) in [6.07, 6.45) is 6.57. The van der Waals surface area contributed by atoms with Gasteiger partial charge in [-0.2, -0.15) is 5.26 Å². The first kappa shape index (κ1) is 16.0. The minimum atomic E-state index is -0.337. The number of carbonyl (C=O) groups is 2. The Kier molecular flexibility index (Phi) is 5.96. The van der Waals surface area contributed by atoms with Crippen LogP contribution in [0.15, 0.2) is 24.3 Å². The molecule has 0 atom stereocenters. The van der Waals surface area contributed by atoms with Crippen LogP contribution in [0.4, 0.5) is 5.69 Å². The van der Waals surface area contributed by atoms with E-state index in [1.165, 1.54) is 12.8 Å². The van der Waals surface area contributed by atoms with Gasteiger partial charge in [0.25, 0.3) is 0 Å². The monoisotopic (exact) mass is 299 g/mol. The molecule has 1 aromatic rings. The summed E-state index contributed by atoms with van der Waals surface area (Å²) in [5.74, 6) is -0.561. The molecule has 1 saturated carbocycles. The maximum Gasteiger partial charge on any atom is 0.233 e. The van der Waals surface area contributed by atoms with Gasteiger partial charge in [-0.25, -0.2) is 0 Å². The van der Waals surface area contributed by atoms with E-state index in [2.05, 4.69) is 10.6 Å². The first-order valence-corrected chi connectivity index (χ1v) is 7.77. The number of amides is 2. The van der Waals surface area contributed by atoms with E-state index >= 15 is 0 Å². The van der Waals surface area contributed by atoms with E-state index in [1.54, 1.807) is 24.3 Å². The highest BCUT2D eigenvalue weighted by Gasteiger charge is 2.16. The lowest BCUT2D eigenvalue weighted by molar-refractivity contribution is -0.127. The van der Waals surface area contributed by atoms with Gasteiger partial charge in [-0.05, 0) is 37.1 Å². The van der Waals surface area contributed by atoms with Crippen molar-refractivity contribution in [3.8, 4) is 6.07 Å². The van der Waals surface area contributed by atoms with E-state index in [9.17, 15) is 9.59 Å². The van der Waals surface area contributed by atoms with Crippen LogP contribution >= 0.6 is 0 Å². The average Bonchev–Trinajstić information content (AvgIpc) is 2.76. The van der Waals surface area contributed by atoms with Gasteiger partial charge in [-0.15, -0.1) is 0 Å². The van der Waals surface area contributed by atoms with Crippen LogP contribution in [0.3, 0.4) is 0 Å². The second-order valence-electron chi connectivity index (χ2n) is 5.67. The van der Waals surface area contributed by atoms with Crippen molar-refractivity contribution in [2.24, 2.45) is 0 Å². The molecule has 116 valence electrons. The van der Waals surface area contributed by atoms with Crippen molar-refractivity contribution in [3.63, 3.8) is 0 Å². The summed E-state index contributed by atoms with van der Waals surface area (Å²) >= 11 is 0. The third-order valence-electron chi connectivity index (χ3n) is 3.84. The van der Waals surface area contributed by atoms with Crippen LogP contribution in [0, 0.1) is 11.3 Å². The second kappa shape index (κ2) is 8.18. The summed E-state index contributed by atoms with van der Waals surface area (Å²) in [6, 6.07) is 8.78. The molecule has 1 aliphatic carbocycles. The number of carbonyl (C=O) groups excluding carboxylic acids is 2. The number of nitrogens with zero attached hydrogens (tertiary/aromatic N) is 1. The van der Waals surface area contributed by atoms with Gasteiger partial charge in [0.05, 0.1) is 11.6 Å².